The van der Waals surface area contributed by atoms with Crippen LogP contribution in [0.15, 0.2) is 17.1 Å². The van der Waals surface area contributed by atoms with Gasteiger partial charge in [0.2, 0.25) is 5.43 Å². The lowest BCUT2D eigenvalue weighted by Gasteiger charge is -2.30. The number of halogens is 2. The minimum absolute atomic E-state index is 0.0890. The lowest BCUT2D eigenvalue weighted by Crippen LogP contribution is -2.49. The van der Waals surface area contributed by atoms with Crippen molar-refractivity contribution in [3.05, 3.63) is 34.1 Å². The zero-order valence-corrected chi connectivity index (χ0v) is 20.8. The zero-order chi connectivity index (χ0) is 26.7. The zero-order valence-electron chi connectivity index (χ0n) is 20.8. The van der Waals surface area contributed by atoms with E-state index in [0.717, 1.165) is 6.07 Å². The first-order valence-electron chi connectivity index (χ1n) is 12.2. The second-order valence-corrected chi connectivity index (χ2v) is 10.9. The molecular formula is C25H29F2N3O7. The van der Waals surface area contributed by atoms with Gasteiger partial charge in [-0.05, 0) is 46.1 Å². The number of carbonyl (C=O) groups is 2. The van der Waals surface area contributed by atoms with Gasteiger partial charge in [0.05, 0.1) is 23.6 Å². The van der Waals surface area contributed by atoms with Gasteiger partial charge in [0, 0.05) is 31.7 Å². The molecule has 3 aliphatic rings. The van der Waals surface area contributed by atoms with Gasteiger partial charge >= 0.3 is 12.2 Å². The maximum atomic E-state index is 16.1. The molecule has 1 saturated carbocycles. The molecule has 5 rings (SSSR count). The number of pyridine rings is 1. The van der Waals surface area contributed by atoms with Crippen molar-refractivity contribution in [2.24, 2.45) is 5.92 Å². The van der Waals surface area contributed by atoms with E-state index in [1.807, 2.05) is 0 Å². The Balaban J connectivity index is 1.50. The van der Waals surface area contributed by atoms with E-state index in [2.05, 4.69) is 10.1 Å². The number of carbonyl (C=O) groups excluding carboxylic acids is 1. The van der Waals surface area contributed by atoms with Crippen molar-refractivity contribution in [2.75, 3.05) is 31.1 Å². The lowest BCUT2D eigenvalue weighted by atomic mass is 9.91. The number of rotatable bonds is 5. The lowest BCUT2D eigenvalue weighted by molar-refractivity contribution is -0.000290. The van der Waals surface area contributed by atoms with Crippen LogP contribution in [0.25, 0.3) is 10.9 Å². The van der Waals surface area contributed by atoms with E-state index < -0.39 is 46.3 Å². The van der Waals surface area contributed by atoms with Gasteiger partial charge in [-0.25, -0.2) is 18.4 Å². The van der Waals surface area contributed by atoms with Crippen molar-refractivity contribution in [1.82, 2.24) is 9.88 Å². The Bertz CT molecular complexity index is 1330. The molecule has 10 nitrogen and oxygen atoms in total. The third-order valence-corrected chi connectivity index (χ3v) is 7.03. The molecule has 2 aliphatic heterocycles. The summed E-state index contributed by atoms with van der Waals surface area (Å²) in [5.41, 5.74) is -2.81. The number of alkyl carbamates (subject to hydrolysis) is 1. The van der Waals surface area contributed by atoms with Crippen LogP contribution in [0.4, 0.5) is 24.1 Å². The highest BCUT2D eigenvalue weighted by Gasteiger charge is 2.52. The van der Waals surface area contributed by atoms with Crippen LogP contribution in [-0.4, -0.2) is 59.4 Å². The highest BCUT2D eigenvalue weighted by atomic mass is 19.1. The van der Waals surface area contributed by atoms with Crippen molar-refractivity contribution in [3.63, 3.8) is 0 Å². The maximum absolute atomic E-state index is 16.1. The van der Waals surface area contributed by atoms with Gasteiger partial charge in [-0.15, -0.1) is 0 Å². The van der Waals surface area contributed by atoms with Crippen LogP contribution in [0.5, 0.6) is 5.75 Å². The van der Waals surface area contributed by atoms with E-state index in [1.165, 1.54) is 10.8 Å². The number of hydrogen-bond donors (Lipinski definition) is 2. The topological polar surface area (TPSA) is 119 Å². The van der Waals surface area contributed by atoms with Crippen LogP contribution in [0.2, 0.25) is 0 Å². The van der Waals surface area contributed by atoms with Crippen molar-refractivity contribution in [1.29, 1.82) is 0 Å². The molecular weight excluding hydrogens is 492 g/mol. The second-order valence-electron chi connectivity index (χ2n) is 10.9. The van der Waals surface area contributed by atoms with Crippen molar-refractivity contribution < 1.29 is 37.7 Å². The maximum Gasteiger partial charge on any atom is 0.511 e. The summed E-state index contributed by atoms with van der Waals surface area (Å²) in [5, 5.41) is 11.4. The molecule has 1 aromatic heterocycles. The Morgan fingerprint density at radius 3 is 2.65 bits per heavy atom. The summed E-state index contributed by atoms with van der Waals surface area (Å²) in [5.74, 6) is -2.45. The summed E-state index contributed by atoms with van der Waals surface area (Å²) in [7, 11) is 0. The van der Waals surface area contributed by atoms with E-state index in [-0.39, 0.29) is 41.6 Å². The van der Waals surface area contributed by atoms with Crippen LogP contribution < -0.4 is 20.4 Å². The van der Waals surface area contributed by atoms with Gasteiger partial charge in [0.15, 0.2) is 11.6 Å². The molecule has 1 aliphatic carbocycles. The molecule has 200 valence electrons. The molecule has 0 radical (unpaired) electrons. The van der Waals surface area contributed by atoms with Crippen LogP contribution in [0.1, 0.15) is 46.1 Å². The molecule has 1 amide bonds. The quantitative estimate of drug-likeness (QED) is 0.571. The minimum Gasteiger partial charge on any atom is -0.449 e. The standard InChI is InChI=1S/C25H29F2N3O7/c1-24(2,3)37-22(32)28-11-25-12-29(9-13(25)6-7-35-25)20-16(26)8-15-19(18(20)27)30(14-4-5-14)10-17(21(15)31)36-23(33)34/h8,10,13-14H,4-7,9,11-12H2,1-3H3,(H,28,32)(H,33,34)/t13-,25?/m1/s1. The molecule has 0 spiro atoms. The highest BCUT2D eigenvalue weighted by molar-refractivity contribution is 5.86. The van der Waals surface area contributed by atoms with Crippen LogP contribution in [-0.2, 0) is 9.47 Å². The molecule has 2 saturated heterocycles. The predicted molar refractivity (Wildman–Crippen MR) is 128 cm³/mol. The van der Waals surface area contributed by atoms with Crippen LogP contribution in [0, 0.1) is 17.6 Å². The normalized spacial score (nSPS) is 23.3. The average molecular weight is 522 g/mol. The largest absolute Gasteiger partial charge is 0.511 e. The number of nitrogens with one attached hydrogen (secondary N) is 1. The van der Waals surface area contributed by atoms with Crippen LogP contribution >= 0.6 is 0 Å². The Morgan fingerprint density at radius 2 is 2.00 bits per heavy atom. The molecule has 3 fully saturated rings. The number of fused-ring (bicyclic) bond motifs is 2. The minimum atomic E-state index is -1.69. The van der Waals surface area contributed by atoms with Gasteiger partial charge in [-0.2, -0.15) is 0 Å². The van der Waals surface area contributed by atoms with E-state index in [9.17, 15) is 14.4 Å². The third kappa shape index (κ3) is 4.70. The van der Waals surface area contributed by atoms with Crippen molar-refractivity contribution >= 4 is 28.8 Å². The third-order valence-electron chi connectivity index (χ3n) is 7.03. The average Bonchev–Trinajstić information content (AvgIpc) is 3.46. The van der Waals surface area contributed by atoms with Gasteiger partial charge < -0.3 is 34.1 Å². The van der Waals surface area contributed by atoms with E-state index in [4.69, 9.17) is 14.6 Å². The summed E-state index contributed by atoms with van der Waals surface area (Å²) in [6.45, 7) is 6.25. The summed E-state index contributed by atoms with van der Waals surface area (Å²) in [6, 6.07) is 0.780. The highest BCUT2D eigenvalue weighted by Crippen LogP contribution is 2.44. The Kier molecular flexibility index (Phi) is 6.05. The number of nitrogens with zero attached hydrogens (tertiary/aromatic N) is 2. The molecule has 37 heavy (non-hydrogen) atoms. The Labute approximate surface area is 211 Å². The molecule has 2 atom stereocenters. The molecule has 12 heteroatoms. The first-order chi connectivity index (χ1) is 17.4. The summed E-state index contributed by atoms with van der Waals surface area (Å²) >= 11 is 0. The molecule has 0 bridgehead atoms. The smallest absolute Gasteiger partial charge is 0.449 e. The Morgan fingerprint density at radius 1 is 1.27 bits per heavy atom. The molecule has 2 aromatic rings. The van der Waals surface area contributed by atoms with Gasteiger partial charge in [-0.1, -0.05) is 0 Å². The second kappa shape index (κ2) is 8.86. The Hall–Kier alpha value is -3.41. The molecule has 1 unspecified atom stereocenters. The number of carboxylic acid groups (broad SMARTS) is 1. The van der Waals surface area contributed by atoms with Crippen molar-refractivity contribution in [2.45, 2.75) is 57.3 Å². The fourth-order valence-electron chi connectivity index (χ4n) is 5.33. The van der Waals surface area contributed by atoms with Gasteiger partial charge in [-0.3, -0.25) is 4.79 Å². The van der Waals surface area contributed by atoms with E-state index >= 15 is 8.78 Å². The summed E-state index contributed by atoms with van der Waals surface area (Å²) < 4.78 is 48.9. The number of amides is 1. The first kappa shape index (κ1) is 25.2. The van der Waals surface area contributed by atoms with Crippen molar-refractivity contribution in [3.8, 4) is 5.75 Å². The van der Waals surface area contributed by atoms with Crippen LogP contribution in [0.3, 0.4) is 0 Å². The van der Waals surface area contributed by atoms with E-state index in [1.54, 1.807) is 25.7 Å². The number of hydrogen-bond acceptors (Lipinski definition) is 7. The first-order valence-corrected chi connectivity index (χ1v) is 12.2. The SMILES string of the molecule is CC(C)(C)OC(=O)NCC12CN(c3c(F)cc4c(=O)c(OC(=O)O)cn(C5CC5)c4c3F)C[C@H]1CCO2. The number of ether oxygens (including phenoxy) is 3. The van der Waals surface area contributed by atoms with Gasteiger partial charge in [0.1, 0.15) is 22.7 Å². The fraction of sp³-hybridized carbons (Fsp3) is 0.560. The monoisotopic (exact) mass is 521 g/mol. The summed E-state index contributed by atoms with van der Waals surface area (Å²) in [6.07, 6.45) is 0.947. The number of anilines is 1. The fourth-order valence-corrected chi connectivity index (χ4v) is 5.33. The van der Waals surface area contributed by atoms with E-state index in [0.29, 0.717) is 32.4 Å². The van der Waals surface area contributed by atoms with Gasteiger partial charge in [0.25, 0.3) is 0 Å². The molecule has 2 N–H and O–H groups in total. The number of benzene rings is 1. The number of aromatic nitrogens is 1. The molecule has 1 aromatic carbocycles. The predicted octanol–water partition coefficient (Wildman–Crippen LogP) is 3.79. The summed E-state index contributed by atoms with van der Waals surface area (Å²) in [4.78, 5) is 37.7. The molecule has 3 heterocycles.